The Morgan fingerprint density at radius 1 is 1.19 bits per heavy atom. The summed E-state index contributed by atoms with van der Waals surface area (Å²) in [5.74, 6) is 1.86. The molecule has 6 heteroatoms. The average molecular weight is 306 g/mol. The molecule has 21 heavy (non-hydrogen) atoms. The first-order chi connectivity index (χ1) is 10.1. The van der Waals surface area contributed by atoms with Gasteiger partial charge in [0.1, 0.15) is 0 Å². The summed E-state index contributed by atoms with van der Waals surface area (Å²) in [7, 11) is 0. The molecule has 2 aromatic rings. The third-order valence-corrected chi connectivity index (χ3v) is 3.35. The first-order valence-electron chi connectivity index (χ1n) is 7.06. The summed E-state index contributed by atoms with van der Waals surface area (Å²) in [5.41, 5.74) is 1.02. The predicted octanol–water partition coefficient (Wildman–Crippen LogP) is 3.60. The van der Waals surface area contributed by atoms with Crippen LogP contribution in [0.25, 0.3) is 0 Å². The van der Waals surface area contributed by atoms with Crippen molar-refractivity contribution in [3.8, 4) is 0 Å². The lowest BCUT2D eigenvalue weighted by Gasteiger charge is -2.09. The van der Waals surface area contributed by atoms with Gasteiger partial charge in [0, 0.05) is 18.1 Å². The van der Waals surface area contributed by atoms with Gasteiger partial charge in [0.05, 0.1) is 6.20 Å². The van der Waals surface area contributed by atoms with Crippen molar-refractivity contribution >= 4 is 23.4 Å². The quantitative estimate of drug-likeness (QED) is 0.818. The van der Waals surface area contributed by atoms with Crippen LogP contribution in [0.3, 0.4) is 0 Å². The maximum Gasteiger partial charge on any atom is 0.244 e. The maximum atomic E-state index is 6.12. The molecule has 1 aromatic carbocycles. The van der Waals surface area contributed by atoms with Crippen molar-refractivity contribution in [1.82, 2.24) is 15.2 Å². The summed E-state index contributed by atoms with van der Waals surface area (Å²) in [6, 6.07) is 7.72. The fourth-order valence-electron chi connectivity index (χ4n) is 1.76. The summed E-state index contributed by atoms with van der Waals surface area (Å²) in [5, 5.41) is 15.0. The van der Waals surface area contributed by atoms with E-state index in [0.717, 1.165) is 23.6 Å². The van der Waals surface area contributed by atoms with Gasteiger partial charge in [0.15, 0.2) is 5.82 Å². The zero-order valence-electron chi connectivity index (χ0n) is 12.3. The molecule has 0 radical (unpaired) electrons. The highest BCUT2D eigenvalue weighted by Crippen LogP contribution is 2.16. The van der Waals surface area contributed by atoms with Crippen LogP contribution in [0.1, 0.15) is 25.8 Å². The molecule has 0 amide bonds. The number of hydrogen-bond acceptors (Lipinski definition) is 5. The summed E-state index contributed by atoms with van der Waals surface area (Å²) >= 11 is 6.12. The SMILES string of the molecule is CC(C)CCNc1nncc(NCc2ccccc2Cl)n1. The molecule has 0 fully saturated rings. The first-order valence-corrected chi connectivity index (χ1v) is 7.44. The normalized spacial score (nSPS) is 10.7. The van der Waals surface area contributed by atoms with Gasteiger partial charge < -0.3 is 10.6 Å². The molecular weight excluding hydrogens is 286 g/mol. The number of rotatable bonds is 7. The van der Waals surface area contributed by atoms with Crippen LogP contribution in [0.4, 0.5) is 11.8 Å². The van der Waals surface area contributed by atoms with Crippen LogP contribution >= 0.6 is 11.6 Å². The van der Waals surface area contributed by atoms with E-state index in [1.54, 1.807) is 6.20 Å². The Morgan fingerprint density at radius 2 is 2.00 bits per heavy atom. The molecule has 0 bridgehead atoms. The molecule has 112 valence electrons. The zero-order valence-corrected chi connectivity index (χ0v) is 13.1. The van der Waals surface area contributed by atoms with Crippen LogP contribution in [0.5, 0.6) is 0 Å². The molecule has 0 atom stereocenters. The van der Waals surface area contributed by atoms with Crippen LogP contribution in [0, 0.1) is 5.92 Å². The van der Waals surface area contributed by atoms with Crippen LogP contribution in [0.15, 0.2) is 30.5 Å². The monoisotopic (exact) mass is 305 g/mol. The van der Waals surface area contributed by atoms with E-state index < -0.39 is 0 Å². The molecule has 1 aromatic heterocycles. The van der Waals surface area contributed by atoms with E-state index in [-0.39, 0.29) is 0 Å². The van der Waals surface area contributed by atoms with Crippen molar-refractivity contribution in [1.29, 1.82) is 0 Å². The molecule has 0 aliphatic carbocycles. The van der Waals surface area contributed by atoms with E-state index in [2.05, 4.69) is 39.7 Å². The first kappa shape index (κ1) is 15.5. The minimum atomic E-state index is 0.541. The summed E-state index contributed by atoms with van der Waals surface area (Å²) in [6.45, 7) is 5.81. The zero-order chi connectivity index (χ0) is 15.1. The minimum Gasteiger partial charge on any atom is -0.364 e. The molecule has 5 nitrogen and oxygen atoms in total. The summed E-state index contributed by atoms with van der Waals surface area (Å²) in [6.07, 6.45) is 2.67. The number of halogens is 1. The maximum absolute atomic E-state index is 6.12. The topological polar surface area (TPSA) is 62.7 Å². The summed E-state index contributed by atoms with van der Waals surface area (Å²) < 4.78 is 0. The standard InChI is InChI=1S/C15H20ClN5/c1-11(2)7-8-17-15-20-14(10-19-21-15)18-9-12-5-3-4-6-13(12)16/h3-6,10-11H,7-9H2,1-2H3,(H2,17,18,20,21). The van der Waals surface area contributed by atoms with Crippen LogP contribution in [-0.4, -0.2) is 21.7 Å². The Hall–Kier alpha value is -1.88. The molecule has 0 spiro atoms. The fraction of sp³-hybridized carbons (Fsp3) is 0.400. The van der Waals surface area contributed by atoms with Crippen molar-refractivity contribution in [2.45, 2.75) is 26.8 Å². The number of aromatic nitrogens is 3. The summed E-state index contributed by atoms with van der Waals surface area (Å²) in [4.78, 5) is 4.38. The lowest BCUT2D eigenvalue weighted by Crippen LogP contribution is -2.10. The highest BCUT2D eigenvalue weighted by molar-refractivity contribution is 6.31. The van der Waals surface area contributed by atoms with Crippen LogP contribution in [-0.2, 0) is 6.54 Å². The highest BCUT2D eigenvalue weighted by atomic mass is 35.5. The van der Waals surface area contributed by atoms with Gasteiger partial charge in [0.25, 0.3) is 0 Å². The van der Waals surface area contributed by atoms with E-state index in [9.17, 15) is 0 Å². The predicted molar refractivity (Wildman–Crippen MR) is 86.6 cm³/mol. The third-order valence-electron chi connectivity index (χ3n) is 2.98. The second-order valence-corrected chi connectivity index (χ2v) is 5.63. The number of hydrogen-bond donors (Lipinski definition) is 2. The lowest BCUT2D eigenvalue weighted by molar-refractivity contribution is 0.605. The van der Waals surface area contributed by atoms with Gasteiger partial charge in [-0.3, -0.25) is 0 Å². The van der Waals surface area contributed by atoms with Gasteiger partial charge in [-0.2, -0.15) is 10.1 Å². The van der Waals surface area contributed by atoms with Crippen molar-refractivity contribution in [3.63, 3.8) is 0 Å². The van der Waals surface area contributed by atoms with Gasteiger partial charge in [0.2, 0.25) is 5.95 Å². The van der Waals surface area contributed by atoms with Crippen molar-refractivity contribution < 1.29 is 0 Å². The molecular formula is C15H20ClN5. The second-order valence-electron chi connectivity index (χ2n) is 5.22. The molecule has 0 aliphatic rings. The van der Waals surface area contributed by atoms with E-state index in [1.165, 1.54) is 0 Å². The molecule has 2 N–H and O–H groups in total. The second kappa shape index (κ2) is 7.78. The Balaban J connectivity index is 1.90. The highest BCUT2D eigenvalue weighted by Gasteiger charge is 2.03. The van der Waals surface area contributed by atoms with E-state index in [1.807, 2.05) is 24.3 Å². The van der Waals surface area contributed by atoms with E-state index in [0.29, 0.717) is 24.2 Å². The van der Waals surface area contributed by atoms with Gasteiger partial charge in [-0.15, -0.1) is 5.10 Å². The largest absolute Gasteiger partial charge is 0.364 e. The molecule has 0 aliphatic heterocycles. The fourth-order valence-corrected chi connectivity index (χ4v) is 1.97. The number of anilines is 2. The molecule has 0 unspecified atom stereocenters. The average Bonchev–Trinajstić information content (AvgIpc) is 2.46. The Kier molecular flexibility index (Phi) is 5.75. The van der Waals surface area contributed by atoms with Gasteiger partial charge in [-0.1, -0.05) is 43.6 Å². The van der Waals surface area contributed by atoms with Gasteiger partial charge in [-0.25, -0.2) is 0 Å². The van der Waals surface area contributed by atoms with Crippen LogP contribution < -0.4 is 10.6 Å². The lowest BCUT2D eigenvalue weighted by atomic mass is 10.1. The number of nitrogens with zero attached hydrogens (tertiary/aromatic N) is 3. The van der Waals surface area contributed by atoms with Gasteiger partial charge >= 0.3 is 0 Å². The van der Waals surface area contributed by atoms with E-state index >= 15 is 0 Å². The molecule has 1 heterocycles. The smallest absolute Gasteiger partial charge is 0.244 e. The number of benzene rings is 1. The number of nitrogens with one attached hydrogen (secondary N) is 2. The van der Waals surface area contributed by atoms with Crippen molar-refractivity contribution in [2.75, 3.05) is 17.2 Å². The Labute approximate surface area is 130 Å². The molecule has 2 rings (SSSR count). The third kappa shape index (κ3) is 5.19. The Morgan fingerprint density at radius 3 is 2.76 bits per heavy atom. The molecule has 0 saturated heterocycles. The van der Waals surface area contributed by atoms with Crippen molar-refractivity contribution in [3.05, 3.63) is 41.0 Å². The minimum absolute atomic E-state index is 0.541. The van der Waals surface area contributed by atoms with Crippen molar-refractivity contribution in [2.24, 2.45) is 5.92 Å². The van der Waals surface area contributed by atoms with E-state index in [4.69, 9.17) is 11.6 Å². The Bertz CT molecular complexity index is 573. The molecule has 0 saturated carbocycles. The van der Waals surface area contributed by atoms with Crippen LogP contribution in [0.2, 0.25) is 5.02 Å². The van der Waals surface area contributed by atoms with Gasteiger partial charge in [-0.05, 0) is 24.0 Å².